The fourth-order valence-corrected chi connectivity index (χ4v) is 1.23. The van der Waals surface area contributed by atoms with Crippen LogP contribution in [0.2, 0.25) is 0 Å². The van der Waals surface area contributed by atoms with Crippen molar-refractivity contribution in [2.45, 2.75) is 19.8 Å². The number of nitrogens with one attached hydrogen (secondary N) is 1. The maximum Gasteiger partial charge on any atom is 0.213 e. The average Bonchev–Trinajstić information content (AvgIpc) is 2.25. The molecular formula is C11H18N2O. The normalized spacial score (nSPS) is 10.1. The van der Waals surface area contributed by atoms with Crippen LogP contribution in [0.25, 0.3) is 0 Å². The molecule has 0 saturated carbocycles. The van der Waals surface area contributed by atoms with Gasteiger partial charge in [0.2, 0.25) is 5.88 Å². The molecule has 3 nitrogen and oxygen atoms in total. The maximum atomic E-state index is 5.05. The molecule has 0 saturated heterocycles. The number of pyridine rings is 1. The summed E-state index contributed by atoms with van der Waals surface area (Å²) < 4.78 is 5.05. The zero-order chi connectivity index (χ0) is 10.2. The summed E-state index contributed by atoms with van der Waals surface area (Å²) in [5.41, 5.74) is 1.08. The summed E-state index contributed by atoms with van der Waals surface area (Å²) in [5.74, 6) is 0.693. The van der Waals surface area contributed by atoms with Crippen molar-refractivity contribution in [3.05, 3.63) is 23.9 Å². The number of hydrogen-bond acceptors (Lipinski definition) is 3. The molecule has 1 N–H and O–H groups in total. The maximum absolute atomic E-state index is 5.05. The van der Waals surface area contributed by atoms with Crippen LogP contribution >= 0.6 is 0 Å². The molecule has 0 aliphatic heterocycles. The molecule has 0 aliphatic rings. The van der Waals surface area contributed by atoms with E-state index < -0.39 is 0 Å². The minimum atomic E-state index is 0.693. The number of methoxy groups -OCH3 is 1. The molecule has 0 spiro atoms. The number of aromatic nitrogens is 1. The predicted molar refractivity (Wildman–Crippen MR) is 57.7 cm³/mol. The standard InChI is InChI=1S/C11H18N2O/c1-3-8-12-9-7-10-5-4-6-11(13-10)14-2/h4-6,12H,3,7-9H2,1-2H3. The quantitative estimate of drug-likeness (QED) is 0.699. The first kappa shape index (κ1) is 11.0. The molecule has 3 heteroatoms. The smallest absolute Gasteiger partial charge is 0.213 e. The molecule has 0 unspecified atom stereocenters. The van der Waals surface area contributed by atoms with Crippen molar-refractivity contribution in [3.63, 3.8) is 0 Å². The average molecular weight is 194 g/mol. The predicted octanol–water partition coefficient (Wildman–Crippen LogP) is 1.63. The number of nitrogens with zero attached hydrogens (tertiary/aromatic N) is 1. The zero-order valence-corrected chi connectivity index (χ0v) is 8.92. The first-order valence-corrected chi connectivity index (χ1v) is 5.07. The van der Waals surface area contributed by atoms with Crippen LogP contribution in [0.3, 0.4) is 0 Å². The Balaban J connectivity index is 2.34. The van der Waals surface area contributed by atoms with E-state index >= 15 is 0 Å². The number of ether oxygens (including phenoxy) is 1. The van der Waals surface area contributed by atoms with Crippen LogP contribution in [0.15, 0.2) is 18.2 Å². The molecule has 0 bridgehead atoms. The zero-order valence-electron chi connectivity index (χ0n) is 8.92. The van der Waals surface area contributed by atoms with E-state index in [0.29, 0.717) is 5.88 Å². The monoisotopic (exact) mass is 194 g/mol. The summed E-state index contributed by atoms with van der Waals surface area (Å²) in [7, 11) is 1.64. The molecule has 78 valence electrons. The van der Waals surface area contributed by atoms with Crippen LogP contribution in [0.5, 0.6) is 5.88 Å². The molecule has 1 rings (SSSR count). The molecule has 0 fully saturated rings. The van der Waals surface area contributed by atoms with Gasteiger partial charge in [0.05, 0.1) is 7.11 Å². The highest BCUT2D eigenvalue weighted by Gasteiger charge is 1.96. The molecule has 14 heavy (non-hydrogen) atoms. The minimum absolute atomic E-state index is 0.693. The van der Waals surface area contributed by atoms with E-state index in [4.69, 9.17) is 4.74 Å². The van der Waals surface area contributed by atoms with E-state index in [1.807, 2.05) is 18.2 Å². The fraction of sp³-hybridized carbons (Fsp3) is 0.545. The van der Waals surface area contributed by atoms with E-state index in [-0.39, 0.29) is 0 Å². The Hall–Kier alpha value is -1.09. The highest BCUT2D eigenvalue weighted by molar-refractivity contribution is 5.15. The van der Waals surface area contributed by atoms with Gasteiger partial charge in [0.25, 0.3) is 0 Å². The van der Waals surface area contributed by atoms with Gasteiger partial charge in [0.15, 0.2) is 0 Å². The molecule has 1 heterocycles. The SMILES string of the molecule is CCCNCCc1cccc(OC)n1. The van der Waals surface area contributed by atoms with Crippen LogP contribution in [0, 0.1) is 0 Å². The Labute approximate surface area is 85.5 Å². The Bertz CT molecular complexity index is 263. The van der Waals surface area contributed by atoms with Gasteiger partial charge in [0.1, 0.15) is 0 Å². The third kappa shape index (κ3) is 3.75. The van der Waals surface area contributed by atoms with Crippen LogP contribution in [-0.4, -0.2) is 25.2 Å². The van der Waals surface area contributed by atoms with E-state index in [2.05, 4.69) is 17.2 Å². The van der Waals surface area contributed by atoms with Crippen molar-refractivity contribution >= 4 is 0 Å². The lowest BCUT2D eigenvalue weighted by molar-refractivity contribution is 0.396. The first-order valence-electron chi connectivity index (χ1n) is 5.07. The molecule has 1 aromatic heterocycles. The van der Waals surface area contributed by atoms with Crippen LogP contribution in [0.4, 0.5) is 0 Å². The van der Waals surface area contributed by atoms with Gasteiger partial charge in [-0.05, 0) is 19.0 Å². The van der Waals surface area contributed by atoms with Gasteiger partial charge >= 0.3 is 0 Å². The van der Waals surface area contributed by atoms with Gasteiger partial charge < -0.3 is 10.1 Å². The summed E-state index contributed by atoms with van der Waals surface area (Å²) in [5, 5.41) is 3.34. The van der Waals surface area contributed by atoms with Crippen molar-refractivity contribution in [1.29, 1.82) is 0 Å². The third-order valence-electron chi connectivity index (χ3n) is 1.98. The summed E-state index contributed by atoms with van der Waals surface area (Å²) in [6, 6.07) is 5.86. The first-order chi connectivity index (χ1) is 6.86. The van der Waals surface area contributed by atoms with E-state index in [1.165, 1.54) is 6.42 Å². The molecular weight excluding hydrogens is 176 g/mol. The van der Waals surface area contributed by atoms with Gasteiger partial charge in [-0.3, -0.25) is 0 Å². The second-order valence-electron chi connectivity index (χ2n) is 3.17. The Morgan fingerprint density at radius 1 is 1.36 bits per heavy atom. The van der Waals surface area contributed by atoms with Crippen molar-refractivity contribution in [3.8, 4) is 5.88 Å². The topological polar surface area (TPSA) is 34.1 Å². The van der Waals surface area contributed by atoms with Gasteiger partial charge in [-0.25, -0.2) is 4.98 Å². The molecule has 1 aromatic rings. The largest absolute Gasteiger partial charge is 0.481 e. The van der Waals surface area contributed by atoms with E-state index in [9.17, 15) is 0 Å². The molecule has 0 aromatic carbocycles. The van der Waals surface area contributed by atoms with Crippen LogP contribution in [0.1, 0.15) is 19.0 Å². The second-order valence-corrected chi connectivity index (χ2v) is 3.17. The number of rotatable bonds is 6. The lowest BCUT2D eigenvalue weighted by Crippen LogP contribution is -2.18. The van der Waals surface area contributed by atoms with E-state index in [1.54, 1.807) is 7.11 Å². The summed E-state index contributed by atoms with van der Waals surface area (Å²) >= 11 is 0. The molecule has 0 amide bonds. The lowest BCUT2D eigenvalue weighted by atomic mass is 10.2. The second kappa shape index (κ2) is 6.38. The fourth-order valence-electron chi connectivity index (χ4n) is 1.23. The minimum Gasteiger partial charge on any atom is -0.481 e. The highest BCUT2D eigenvalue weighted by atomic mass is 16.5. The lowest BCUT2D eigenvalue weighted by Gasteiger charge is -2.04. The van der Waals surface area contributed by atoms with Crippen LogP contribution < -0.4 is 10.1 Å². The molecule has 0 aliphatic carbocycles. The summed E-state index contributed by atoms with van der Waals surface area (Å²) in [4.78, 5) is 4.33. The van der Waals surface area contributed by atoms with Crippen molar-refractivity contribution in [1.82, 2.24) is 10.3 Å². The Morgan fingerprint density at radius 3 is 2.93 bits per heavy atom. The van der Waals surface area contributed by atoms with E-state index in [0.717, 1.165) is 25.2 Å². The highest BCUT2D eigenvalue weighted by Crippen LogP contribution is 2.06. The Kier molecular flexibility index (Phi) is 5.00. The van der Waals surface area contributed by atoms with Gasteiger partial charge in [-0.1, -0.05) is 13.0 Å². The number of hydrogen-bond donors (Lipinski definition) is 1. The van der Waals surface area contributed by atoms with Crippen LogP contribution in [-0.2, 0) is 6.42 Å². The Morgan fingerprint density at radius 2 is 2.21 bits per heavy atom. The third-order valence-corrected chi connectivity index (χ3v) is 1.98. The van der Waals surface area contributed by atoms with Crippen molar-refractivity contribution < 1.29 is 4.74 Å². The van der Waals surface area contributed by atoms with Gasteiger partial charge in [-0.2, -0.15) is 0 Å². The molecule has 0 atom stereocenters. The van der Waals surface area contributed by atoms with Crippen molar-refractivity contribution in [2.75, 3.05) is 20.2 Å². The van der Waals surface area contributed by atoms with Crippen molar-refractivity contribution in [2.24, 2.45) is 0 Å². The van der Waals surface area contributed by atoms with Gasteiger partial charge in [-0.15, -0.1) is 0 Å². The van der Waals surface area contributed by atoms with Gasteiger partial charge in [0, 0.05) is 24.7 Å². The summed E-state index contributed by atoms with van der Waals surface area (Å²) in [6.45, 7) is 4.22. The summed E-state index contributed by atoms with van der Waals surface area (Å²) in [6.07, 6.45) is 2.13. The molecule has 0 radical (unpaired) electrons.